The highest BCUT2D eigenvalue weighted by Crippen LogP contribution is 2.28. The summed E-state index contributed by atoms with van der Waals surface area (Å²) in [5.41, 5.74) is 1.69. The quantitative estimate of drug-likeness (QED) is 0.247. The van der Waals surface area contributed by atoms with Crippen LogP contribution in [0.1, 0.15) is 6.92 Å². The van der Waals surface area contributed by atoms with E-state index in [0.717, 1.165) is 10.9 Å². The molecule has 0 saturated carbocycles. The van der Waals surface area contributed by atoms with E-state index in [2.05, 4.69) is 9.72 Å². The number of alkyl halides is 3. The van der Waals surface area contributed by atoms with Gasteiger partial charge >= 0.3 is 6.36 Å². The number of halogens is 3. The Morgan fingerprint density at radius 3 is 2.58 bits per heavy atom. The highest BCUT2D eigenvalue weighted by atomic mass is 32.2. The molecule has 0 aliphatic rings. The van der Waals surface area contributed by atoms with E-state index in [0.29, 0.717) is 40.8 Å². The van der Waals surface area contributed by atoms with Crippen LogP contribution in [0.5, 0.6) is 5.75 Å². The zero-order valence-corrected chi connectivity index (χ0v) is 17.2. The summed E-state index contributed by atoms with van der Waals surface area (Å²) in [7, 11) is 0. The van der Waals surface area contributed by atoms with Gasteiger partial charge in [-0.25, -0.2) is 4.98 Å². The molecular formula is C21H18F3N3O3S. The van der Waals surface area contributed by atoms with E-state index in [1.165, 1.54) is 40.6 Å². The van der Waals surface area contributed by atoms with Gasteiger partial charge in [0, 0.05) is 23.3 Å². The van der Waals surface area contributed by atoms with Crippen LogP contribution >= 0.6 is 11.8 Å². The number of ether oxygens (including phenoxy) is 2. The van der Waals surface area contributed by atoms with Crippen molar-refractivity contribution in [1.29, 1.82) is 0 Å². The molecule has 162 valence electrons. The van der Waals surface area contributed by atoms with Crippen molar-refractivity contribution in [3.05, 3.63) is 58.9 Å². The van der Waals surface area contributed by atoms with E-state index in [-0.39, 0.29) is 11.3 Å². The molecule has 0 bridgehead atoms. The van der Waals surface area contributed by atoms with E-state index in [1.54, 1.807) is 0 Å². The smallest absolute Gasteiger partial charge is 0.406 e. The van der Waals surface area contributed by atoms with Gasteiger partial charge in [0.05, 0.1) is 12.3 Å². The Morgan fingerprint density at radius 1 is 1.13 bits per heavy atom. The molecule has 0 atom stereocenters. The summed E-state index contributed by atoms with van der Waals surface area (Å²) in [4.78, 5) is 21.2. The van der Waals surface area contributed by atoms with Crippen molar-refractivity contribution >= 4 is 33.7 Å². The van der Waals surface area contributed by atoms with E-state index in [9.17, 15) is 18.0 Å². The monoisotopic (exact) mass is 449 g/mol. The number of nitrogens with one attached hydrogen (secondary N) is 1. The Balaban J connectivity index is 1.82. The molecule has 10 heteroatoms. The summed E-state index contributed by atoms with van der Waals surface area (Å²) in [6, 6.07) is 12.6. The third-order valence-corrected chi connectivity index (χ3v) is 5.39. The molecule has 2 heterocycles. The average molecular weight is 449 g/mol. The van der Waals surface area contributed by atoms with Crippen LogP contribution in [0.4, 0.5) is 13.2 Å². The maximum atomic E-state index is 13.4. The van der Waals surface area contributed by atoms with Gasteiger partial charge < -0.3 is 14.5 Å². The number of hydrogen-bond donors (Lipinski definition) is 1. The molecule has 0 radical (unpaired) electrons. The zero-order chi connectivity index (χ0) is 22.0. The Bertz CT molecular complexity index is 1270. The summed E-state index contributed by atoms with van der Waals surface area (Å²) in [5, 5.41) is 1.24. The van der Waals surface area contributed by atoms with Crippen LogP contribution in [0, 0.1) is 0 Å². The highest BCUT2D eigenvalue weighted by molar-refractivity contribution is 7.99. The molecule has 0 spiro atoms. The summed E-state index contributed by atoms with van der Waals surface area (Å²) >= 11 is 1.34. The summed E-state index contributed by atoms with van der Waals surface area (Å²) in [5.74, 6) is 0.193. The SMILES string of the molecule is CCOCCSc1nc2c([nH]c3ccccc32)c(=O)n1-c1ccc(OC(F)(F)F)cc1. The number of aromatic nitrogens is 3. The van der Waals surface area contributed by atoms with Crippen LogP contribution in [0.25, 0.3) is 27.6 Å². The minimum Gasteiger partial charge on any atom is -0.406 e. The van der Waals surface area contributed by atoms with Crippen LogP contribution in [0.3, 0.4) is 0 Å². The van der Waals surface area contributed by atoms with Gasteiger partial charge in [-0.05, 0) is 37.3 Å². The number of rotatable bonds is 7. The molecule has 31 heavy (non-hydrogen) atoms. The predicted molar refractivity (Wildman–Crippen MR) is 113 cm³/mol. The lowest BCUT2D eigenvalue weighted by Gasteiger charge is -2.13. The van der Waals surface area contributed by atoms with Gasteiger partial charge in [-0.3, -0.25) is 9.36 Å². The lowest BCUT2D eigenvalue weighted by atomic mass is 10.2. The second-order valence-electron chi connectivity index (χ2n) is 6.52. The Morgan fingerprint density at radius 2 is 1.87 bits per heavy atom. The molecule has 4 aromatic rings. The van der Waals surface area contributed by atoms with Crippen LogP contribution in [-0.2, 0) is 4.74 Å². The number of hydrogen-bond acceptors (Lipinski definition) is 5. The first kappa shape index (κ1) is 21.3. The molecule has 0 saturated heterocycles. The first-order valence-corrected chi connectivity index (χ1v) is 10.5. The minimum atomic E-state index is -4.79. The molecular weight excluding hydrogens is 431 g/mol. The molecule has 0 aliphatic carbocycles. The first-order chi connectivity index (χ1) is 14.9. The van der Waals surface area contributed by atoms with Crippen molar-refractivity contribution in [2.75, 3.05) is 19.0 Å². The molecule has 2 aromatic carbocycles. The van der Waals surface area contributed by atoms with Gasteiger partial charge in [-0.1, -0.05) is 30.0 Å². The Hall–Kier alpha value is -2.98. The van der Waals surface area contributed by atoms with Crippen LogP contribution in [-0.4, -0.2) is 39.9 Å². The number of para-hydroxylation sites is 1. The molecule has 2 aromatic heterocycles. The normalized spacial score (nSPS) is 12.0. The van der Waals surface area contributed by atoms with Crippen molar-refractivity contribution in [2.45, 2.75) is 18.4 Å². The molecule has 0 unspecified atom stereocenters. The van der Waals surface area contributed by atoms with Crippen LogP contribution in [0.15, 0.2) is 58.5 Å². The molecule has 0 aliphatic heterocycles. The molecule has 0 fully saturated rings. The van der Waals surface area contributed by atoms with Crippen molar-refractivity contribution in [1.82, 2.24) is 14.5 Å². The van der Waals surface area contributed by atoms with Gasteiger partial charge in [0.2, 0.25) is 0 Å². The fourth-order valence-corrected chi connectivity index (χ4v) is 4.06. The second kappa shape index (κ2) is 8.64. The van der Waals surface area contributed by atoms with E-state index in [1.807, 2.05) is 31.2 Å². The topological polar surface area (TPSA) is 69.1 Å². The third-order valence-electron chi connectivity index (χ3n) is 4.49. The summed E-state index contributed by atoms with van der Waals surface area (Å²) < 4.78 is 48.1. The van der Waals surface area contributed by atoms with Gasteiger partial charge in [0.15, 0.2) is 5.16 Å². The number of H-pyrrole nitrogens is 1. The fourth-order valence-electron chi connectivity index (χ4n) is 3.20. The third kappa shape index (κ3) is 4.54. The highest BCUT2D eigenvalue weighted by Gasteiger charge is 2.31. The second-order valence-corrected chi connectivity index (χ2v) is 7.58. The van der Waals surface area contributed by atoms with Crippen molar-refractivity contribution < 1.29 is 22.6 Å². The Kier molecular flexibility index (Phi) is 5.92. The first-order valence-electron chi connectivity index (χ1n) is 9.47. The summed E-state index contributed by atoms with van der Waals surface area (Å²) in [6.45, 7) is 2.94. The number of benzene rings is 2. The van der Waals surface area contributed by atoms with Crippen molar-refractivity contribution in [2.24, 2.45) is 0 Å². The molecule has 0 amide bonds. The lowest BCUT2D eigenvalue weighted by Crippen LogP contribution is -2.22. The van der Waals surface area contributed by atoms with Gasteiger partial charge in [-0.2, -0.15) is 0 Å². The van der Waals surface area contributed by atoms with Gasteiger partial charge in [0.1, 0.15) is 16.8 Å². The van der Waals surface area contributed by atoms with Gasteiger partial charge in [0.25, 0.3) is 5.56 Å². The number of aromatic amines is 1. The standard InChI is InChI=1S/C21H18F3N3O3S/c1-2-29-11-12-31-20-26-17-15-5-3-4-6-16(15)25-18(17)19(28)27(20)13-7-9-14(10-8-13)30-21(22,23)24/h3-10,25H,2,11-12H2,1H3. The number of fused-ring (bicyclic) bond motifs is 3. The average Bonchev–Trinajstić information content (AvgIpc) is 3.10. The van der Waals surface area contributed by atoms with Crippen molar-refractivity contribution in [3.63, 3.8) is 0 Å². The number of nitrogens with zero attached hydrogens (tertiary/aromatic N) is 2. The van der Waals surface area contributed by atoms with Crippen molar-refractivity contribution in [3.8, 4) is 11.4 Å². The maximum absolute atomic E-state index is 13.4. The van der Waals surface area contributed by atoms with Gasteiger partial charge in [-0.15, -0.1) is 13.2 Å². The molecule has 4 rings (SSSR count). The molecule has 6 nitrogen and oxygen atoms in total. The van der Waals surface area contributed by atoms with E-state index in [4.69, 9.17) is 9.72 Å². The van der Waals surface area contributed by atoms with E-state index < -0.39 is 6.36 Å². The van der Waals surface area contributed by atoms with Crippen LogP contribution in [0.2, 0.25) is 0 Å². The minimum absolute atomic E-state index is 0.325. The Labute approximate surface area is 179 Å². The lowest BCUT2D eigenvalue weighted by molar-refractivity contribution is -0.274. The predicted octanol–water partition coefficient (Wildman–Crippen LogP) is 4.89. The van der Waals surface area contributed by atoms with E-state index >= 15 is 0 Å². The van der Waals surface area contributed by atoms with Crippen LogP contribution < -0.4 is 10.3 Å². The number of thioether (sulfide) groups is 1. The fraction of sp³-hybridized carbons (Fsp3) is 0.238. The largest absolute Gasteiger partial charge is 0.573 e. The maximum Gasteiger partial charge on any atom is 0.573 e. The molecule has 1 N–H and O–H groups in total. The summed E-state index contributed by atoms with van der Waals surface area (Å²) in [6.07, 6.45) is -4.79. The zero-order valence-electron chi connectivity index (χ0n) is 16.4.